The SMILES string of the molecule is Nc1ccc2c(OS(=O)(=O)[O-])c(N=Nc3ccc(N=Nc4ccc(N=Nc5c(S(=O)(=O)[O-])[c-]cc(C(=O)[O-])c5O)c5ccccc45)c4ccccc34)[c-]cc2c1.[Na+].[Na+].[Na+].[Na+].[Na+]. The molecule has 0 saturated carbocycles. The number of nitrogens with zero attached hydrogens (tertiary/aromatic N) is 6. The van der Waals surface area contributed by atoms with Gasteiger partial charge in [-0.25, -0.2) is 21.9 Å². The van der Waals surface area contributed by atoms with Gasteiger partial charge in [-0.1, -0.05) is 71.6 Å². The number of nitrogens with two attached hydrogens (primary N) is 1. The van der Waals surface area contributed by atoms with Gasteiger partial charge in [0.2, 0.25) is 0 Å². The fraction of sp³-hybridized carbons (Fsp3) is 0. The molecule has 0 radical (unpaired) electrons. The number of hydrogen-bond donors (Lipinski definition) is 2. The van der Waals surface area contributed by atoms with Crippen molar-refractivity contribution >= 4 is 98.6 Å². The van der Waals surface area contributed by atoms with Crippen LogP contribution in [-0.4, -0.2) is 37.0 Å². The molecule has 0 fully saturated rings. The number of aromatic hydroxyl groups is 1. The number of phenols is 1. The molecule has 0 aliphatic carbocycles. The summed E-state index contributed by atoms with van der Waals surface area (Å²) in [7, 11) is -10.4. The molecule has 61 heavy (non-hydrogen) atoms. The summed E-state index contributed by atoms with van der Waals surface area (Å²) in [5.74, 6) is -3.36. The van der Waals surface area contributed by atoms with E-state index in [1.807, 2.05) is 6.07 Å². The molecule has 0 aliphatic rings. The number of carboxylic acids is 1. The standard InChI is InChI=1S/C37H23N7O10S2.5Na/c38-21-10-11-22-20(19-21)9-13-32(36(22)54-56(51,52)53)43-41-30-15-14-28(23-5-1-2-6-24(23)30)39-40-29-16-17-31(26-8-4-3-7-25(26)29)42-44-34-33(55(48,49)50)18-12-27(35(34)45)37(46)47;;;;;/h1-12,14-17,19,45H,38H2,(H,46,47)(H,48,49,50)(H,51,52,53);;;;;/q-2;5*+1/p-3. The maximum absolute atomic E-state index is 11.8. The molecule has 7 rings (SSSR count). The molecular weight excluding hydrogens is 882 g/mol. The van der Waals surface area contributed by atoms with Crippen molar-refractivity contribution in [2.24, 2.45) is 30.7 Å². The normalized spacial score (nSPS) is 11.4. The molecule has 0 bridgehead atoms. The molecule has 0 heterocycles. The van der Waals surface area contributed by atoms with Crippen LogP contribution in [0.2, 0.25) is 0 Å². The van der Waals surface area contributed by atoms with Gasteiger partial charge in [0, 0.05) is 50.3 Å². The number of hydrogen-bond acceptors (Lipinski definition) is 17. The number of nitrogen functional groups attached to an aromatic ring is 1. The Morgan fingerprint density at radius 3 is 1.52 bits per heavy atom. The Kier molecular flexibility index (Phi) is 20.8. The predicted octanol–water partition coefficient (Wildman–Crippen LogP) is -7.59. The second-order valence-corrected chi connectivity index (χ2v) is 14.0. The van der Waals surface area contributed by atoms with Gasteiger partial charge < -0.3 is 34.0 Å². The fourth-order valence-electron chi connectivity index (χ4n) is 5.65. The first-order valence-electron chi connectivity index (χ1n) is 15.8. The third-order valence-corrected chi connectivity index (χ3v) is 9.32. The summed E-state index contributed by atoms with van der Waals surface area (Å²) in [5, 5.41) is 49.8. The molecule has 0 aliphatic heterocycles. The van der Waals surface area contributed by atoms with Gasteiger partial charge in [0.25, 0.3) is 10.4 Å². The van der Waals surface area contributed by atoms with Crippen LogP contribution in [0.3, 0.4) is 0 Å². The summed E-state index contributed by atoms with van der Waals surface area (Å²) < 4.78 is 74.9. The van der Waals surface area contributed by atoms with E-state index < -0.39 is 48.4 Å². The molecule has 3 N–H and O–H groups in total. The zero-order valence-corrected chi connectivity index (χ0v) is 44.6. The second kappa shape index (κ2) is 23.1. The first-order valence-corrected chi connectivity index (χ1v) is 18.5. The Bertz CT molecular complexity index is 3110. The molecule has 0 aromatic heterocycles. The van der Waals surface area contributed by atoms with E-state index in [0.717, 1.165) is 0 Å². The van der Waals surface area contributed by atoms with E-state index in [0.29, 0.717) is 55.7 Å². The minimum absolute atomic E-state index is 0. The van der Waals surface area contributed by atoms with Gasteiger partial charge in [-0.2, -0.15) is 39.6 Å². The van der Waals surface area contributed by atoms with Gasteiger partial charge in [0.1, 0.15) is 10.1 Å². The molecule has 0 saturated heterocycles. The quantitative estimate of drug-likeness (QED) is 0.0325. The number of benzene rings is 7. The number of carboxylic acid groups (broad SMARTS) is 1. The topological polar surface area (TPSA) is 284 Å². The molecule has 24 heteroatoms. The summed E-state index contributed by atoms with van der Waals surface area (Å²) >= 11 is 0. The third kappa shape index (κ3) is 12.8. The molecule has 0 atom stereocenters. The van der Waals surface area contributed by atoms with E-state index in [-0.39, 0.29) is 170 Å². The summed E-state index contributed by atoms with van der Waals surface area (Å²) in [6, 6.07) is 31.5. The molecule has 7 aromatic carbocycles. The molecule has 0 unspecified atom stereocenters. The minimum Gasteiger partial charge on any atom is -0.746 e. The zero-order valence-electron chi connectivity index (χ0n) is 33.0. The first-order chi connectivity index (χ1) is 26.7. The van der Waals surface area contributed by atoms with E-state index in [1.54, 1.807) is 66.7 Å². The van der Waals surface area contributed by atoms with Crippen LogP contribution in [0.15, 0.2) is 139 Å². The van der Waals surface area contributed by atoms with Gasteiger partial charge >= 0.3 is 148 Å². The van der Waals surface area contributed by atoms with E-state index in [9.17, 15) is 40.9 Å². The van der Waals surface area contributed by atoms with Crippen LogP contribution < -0.4 is 163 Å². The summed E-state index contributed by atoms with van der Waals surface area (Å²) in [6.07, 6.45) is 0. The van der Waals surface area contributed by atoms with E-state index in [2.05, 4.69) is 36.8 Å². The van der Waals surface area contributed by atoms with E-state index >= 15 is 0 Å². The van der Waals surface area contributed by atoms with Crippen LogP contribution >= 0.6 is 0 Å². The van der Waals surface area contributed by atoms with Crippen LogP contribution in [0.5, 0.6) is 11.5 Å². The average Bonchev–Trinajstić information content (AvgIpc) is 3.15. The Balaban J connectivity index is 0.00000256. The van der Waals surface area contributed by atoms with Gasteiger partial charge in [0.05, 0.1) is 28.5 Å². The number of fused-ring (bicyclic) bond motifs is 3. The molecule has 0 spiro atoms. The van der Waals surface area contributed by atoms with Gasteiger partial charge in [-0.3, -0.25) is 0 Å². The van der Waals surface area contributed by atoms with E-state index in [4.69, 9.17) is 9.92 Å². The van der Waals surface area contributed by atoms with Crippen molar-refractivity contribution in [2.45, 2.75) is 4.90 Å². The zero-order chi connectivity index (χ0) is 39.8. The number of azo groups is 3. The Morgan fingerprint density at radius 1 is 0.623 bits per heavy atom. The van der Waals surface area contributed by atoms with Gasteiger partial charge in [-0.05, 0) is 35.2 Å². The molecule has 280 valence electrons. The van der Waals surface area contributed by atoms with Crippen molar-refractivity contribution in [1.29, 1.82) is 0 Å². The van der Waals surface area contributed by atoms with Crippen LogP contribution in [0.25, 0.3) is 32.3 Å². The predicted molar refractivity (Wildman–Crippen MR) is 197 cm³/mol. The third-order valence-electron chi connectivity index (χ3n) is 8.13. The number of carbonyl (C=O) groups is 1. The number of rotatable bonds is 10. The van der Waals surface area contributed by atoms with Crippen molar-refractivity contribution in [3.05, 3.63) is 121 Å². The maximum Gasteiger partial charge on any atom is 1.00 e. The Labute approximate surface area is 458 Å². The van der Waals surface area contributed by atoms with Crippen LogP contribution in [0, 0.1) is 12.1 Å². The van der Waals surface area contributed by atoms with Crippen LogP contribution in [-0.2, 0) is 20.5 Å². The van der Waals surface area contributed by atoms with Crippen molar-refractivity contribution < 1.29 is 193 Å². The smallest absolute Gasteiger partial charge is 0.746 e. The van der Waals surface area contributed by atoms with Crippen molar-refractivity contribution in [1.82, 2.24) is 0 Å². The van der Waals surface area contributed by atoms with Gasteiger partial charge in [-0.15, -0.1) is 15.6 Å². The van der Waals surface area contributed by atoms with Gasteiger partial charge in [0.15, 0.2) is 0 Å². The Morgan fingerprint density at radius 2 is 1.08 bits per heavy atom. The number of aromatic carboxylic acids is 1. The molecule has 17 nitrogen and oxygen atoms in total. The average molecular weight is 902 g/mol. The monoisotopic (exact) mass is 901 g/mol. The van der Waals surface area contributed by atoms with Crippen molar-refractivity contribution in [3.8, 4) is 11.5 Å². The second-order valence-electron chi connectivity index (χ2n) is 11.7. The fourth-order valence-corrected chi connectivity index (χ4v) is 6.60. The number of carbonyl (C=O) groups excluding carboxylic acids is 1. The molecule has 7 aromatic rings. The summed E-state index contributed by atoms with van der Waals surface area (Å²) in [6.45, 7) is 0. The Hall–Kier alpha value is -2.19. The maximum atomic E-state index is 11.8. The van der Waals surface area contributed by atoms with Crippen molar-refractivity contribution in [2.75, 3.05) is 5.73 Å². The largest absolute Gasteiger partial charge is 1.00 e. The number of anilines is 1. The van der Waals surface area contributed by atoms with E-state index in [1.165, 1.54) is 30.3 Å². The van der Waals surface area contributed by atoms with Crippen LogP contribution in [0.1, 0.15) is 10.4 Å². The summed E-state index contributed by atoms with van der Waals surface area (Å²) in [4.78, 5) is 10.3. The summed E-state index contributed by atoms with van der Waals surface area (Å²) in [5.41, 5.74) is 5.61. The van der Waals surface area contributed by atoms with Crippen molar-refractivity contribution in [3.63, 3.8) is 0 Å². The minimum atomic E-state index is -5.25. The first kappa shape index (κ1) is 54.9. The molecule has 0 amide bonds. The van der Waals surface area contributed by atoms with Crippen LogP contribution in [0.4, 0.5) is 39.8 Å². The molecular formula is C37H20N7Na5O10S2.